The van der Waals surface area contributed by atoms with Crippen molar-refractivity contribution < 1.29 is 9.18 Å². The number of nitrogens with zero attached hydrogens (tertiary/aromatic N) is 2. The van der Waals surface area contributed by atoms with E-state index in [9.17, 15) is 9.18 Å². The van der Waals surface area contributed by atoms with Crippen molar-refractivity contribution in [2.45, 2.75) is 6.92 Å². The van der Waals surface area contributed by atoms with Crippen LogP contribution >= 0.6 is 11.6 Å². The Balaban J connectivity index is 3.37. The van der Waals surface area contributed by atoms with E-state index in [0.717, 1.165) is 0 Å². The highest BCUT2D eigenvalue weighted by atomic mass is 35.5. The quantitative estimate of drug-likeness (QED) is 0.530. The van der Waals surface area contributed by atoms with Crippen LogP contribution in [0.25, 0.3) is 0 Å². The molecule has 0 amide bonds. The molecule has 0 unspecified atom stereocenters. The van der Waals surface area contributed by atoms with Crippen molar-refractivity contribution >= 4 is 23.2 Å². The summed E-state index contributed by atoms with van der Waals surface area (Å²) in [5.41, 5.74) is 4.71. The zero-order valence-corrected chi connectivity index (χ0v) is 6.89. The van der Waals surface area contributed by atoms with Crippen molar-refractivity contribution in [3.63, 3.8) is 0 Å². The highest BCUT2D eigenvalue weighted by molar-refractivity contribution is 6.28. The fourth-order valence-corrected chi connectivity index (χ4v) is 0.845. The molecule has 1 rings (SSSR count). The Labute approximate surface area is 72.6 Å². The van der Waals surface area contributed by atoms with Crippen molar-refractivity contribution in [2.75, 3.05) is 5.73 Å². The van der Waals surface area contributed by atoms with Crippen molar-refractivity contribution in [1.82, 2.24) is 9.97 Å². The molecule has 0 atom stereocenters. The van der Waals surface area contributed by atoms with E-state index in [1.165, 1.54) is 6.92 Å². The molecule has 4 nitrogen and oxygen atoms in total. The lowest BCUT2D eigenvalue weighted by molar-refractivity contribution is 0.100. The molecule has 64 valence electrons. The lowest BCUT2D eigenvalue weighted by atomic mass is 10.3. The average Bonchev–Trinajstić information content (AvgIpc) is 1.96. The lowest BCUT2D eigenvalue weighted by Gasteiger charge is -1.99. The Morgan fingerprint density at radius 3 is 2.67 bits per heavy atom. The Hall–Kier alpha value is -1.23. The summed E-state index contributed by atoms with van der Waals surface area (Å²) in [5, 5.41) is -0.237. The highest BCUT2D eigenvalue weighted by Gasteiger charge is 2.14. The molecule has 0 bridgehead atoms. The number of Topliss-reactive ketones (excluding diaryl/α,β-unsaturated/α-hetero) is 1. The maximum Gasteiger partial charge on any atom is 0.225 e. The largest absolute Gasteiger partial charge is 0.381 e. The van der Waals surface area contributed by atoms with Crippen LogP contribution in [-0.2, 0) is 0 Å². The Kier molecular flexibility index (Phi) is 2.23. The van der Waals surface area contributed by atoms with Gasteiger partial charge in [-0.15, -0.1) is 0 Å². The van der Waals surface area contributed by atoms with Gasteiger partial charge in [0, 0.05) is 6.92 Å². The number of nitrogen functional groups attached to an aromatic ring is 1. The first-order valence-corrected chi connectivity index (χ1v) is 3.39. The molecule has 1 aromatic rings. The van der Waals surface area contributed by atoms with E-state index in [0.29, 0.717) is 0 Å². The van der Waals surface area contributed by atoms with Crippen LogP contribution in [0.4, 0.5) is 10.2 Å². The maximum atomic E-state index is 12.9. The van der Waals surface area contributed by atoms with E-state index in [4.69, 9.17) is 17.3 Å². The predicted octanol–water partition coefficient (Wildman–Crippen LogP) is 1.05. The molecule has 2 N–H and O–H groups in total. The molecular weight excluding hydrogens is 185 g/mol. The number of halogens is 2. The fourth-order valence-electron chi connectivity index (χ4n) is 0.669. The molecule has 1 heterocycles. The van der Waals surface area contributed by atoms with E-state index >= 15 is 0 Å². The Morgan fingerprint density at radius 2 is 2.17 bits per heavy atom. The Morgan fingerprint density at radius 1 is 1.58 bits per heavy atom. The van der Waals surface area contributed by atoms with E-state index < -0.39 is 17.4 Å². The third kappa shape index (κ3) is 1.50. The summed E-state index contributed by atoms with van der Waals surface area (Å²) >= 11 is 5.35. The highest BCUT2D eigenvalue weighted by Crippen LogP contribution is 2.13. The first kappa shape index (κ1) is 8.86. The summed E-state index contributed by atoms with van der Waals surface area (Å²) in [6, 6.07) is 0. The van der Waals surface area contributed by atoms with Gasteiger partial charge in [0.05, 0.1) is 0 Å². The van der Waals surface area contributed by atoms with Gasteiger partial charge in [-0.1, -0.05) is 0 Å². The number of carbonyl (C=O) groups is 1. The number of hydrogen-bond acceptors (Lipinski definition) is 4. The van der Waals surface area contributed by atoms with E-state index in [1.807, 2.05) is 0 Å². The molecule has 0 radical (unpaired) electrons. The van der Waals surface area contributed by atoms with E-state index in [-0.39, 0.29) is 11.0 Å². The van der Waals surface area contributed by atoms with Gasteiger partial charge in [0.2, 0.25) is 5.28 Å². The van der Waals surface area contributed by atoms with Gasteiger partial charge >= 0.3 is 0 Å². The van der Waals surface area contributed by atoms with E-state index in [2.05, 4.69) is 9.97 Å². The fraction of sp³-hybridized carbons (Fsp3) is 0.167. The molecule has 6 heteroatoms. The SMILES string of the molecule is CC(=O)c1nc(Cl)nc(N)c1F. The molecular formula is C6H5ClFN3O. The van der Waals surface area contributed by atoms with Crippen LogP contribution in [-0.4, -0.2) is 15.8 Å². The van der Waals surface area contributed by atoms with Crippen molar-refractivity contribution in [3.05, 3.63) is 16.8 Å². The first-order chi connectivity index (χ1) is 5.52. The minimum Gasteiger partial charge on any atom is -0.381 e. The van der Waals surface area contributed by atoms with Crippen LogP contribution in [0.2, 0.25) is 5.28 Å². The van der Waals surface area contributed by atoms with Gasteiger partial charge in [-0.25, -0.2) is 9.37 Å². The molecule has 0 aliphatic rings. The van der Waals surface area contributed by atoms with E-state index in [1.54, 1.807) is 0 Å². The van der Waals surface area contributed by atoms with Crippen LogP contribution in [0.15, 0.2) is 0 Å². The molecule has 0 saturated carbocycles. The Bertz CT molecular complexity index is 342. The minimum atomic E-state index is -0.924. The second kappa shape index (κ2) is 3.02. The topological polar surface area (TPSA) is 68.9 Å². The van der Waals surface area contributed by atoms with Gasteiger partial charge in [0.15, 0.2) is 17.4 Å². The molecule has 0 aliphatic heterocycles. The summed E-state index contributed by atoms with van der Waals surface area (Å²) in [5.74, 6) is -1.88. The molecule has 0 spiro atoms. The summed E-state index contributed by atoms with van der Waals surface area (Å²) in [4.78, 5) is 17.4. The zero-order chi connectivity index (χ0) is 9.30. The third-order valence-electron chi connectivity index (χ3n) is 1.18. The zero-order valence-electron chi connectivity index (χ0n) is 6.14. The van der Waals surface area contributed by atoms with Crippen molar-refractivity contribution in [2.24, 2.45) is 0 Å². The number of aromatic nitrogens is 2. The molecule has 1 aromatic heterocycles. The second-order valence-electron chi connectivity index (χ2n) is 2.10. The van der Waals surface area contributed by atoms with Gasteiger partial charge < -0.3 is 5.73 Å². The number of hydrogen-bond donors (Lipinski definition) is 1. The molecule has 0 fully saturated rings. The van der Waals surface area contributed by atoms with Crippen molar-refractivity contribution in [3.8, 4) is 0 Å². The van der Waals surface area contributed by atoms with Crippen LogP contribution < -0.4 is 5.73 Å². The number of rotatable bonds is 1. The smallest absolute Gasteiger partial charge is 0.225 e. The third-order valence-corrected chi connectivity index (χ3v) is 1.35. The second-order valence-corrected chi connectivity index (χ2v) is 2.43. The van der Waals surface area contributed by atoms with Gasteiger partial charge in [-0.3, -0.25) is 4.79 Å². The monoisotopic (exact) mass is 189 g/mol. The minimum absolute atomic E-state index is 0.237. The number of ketones is 1. The molecule has 0 aliphatic carbocycles. The van der Waals surface area contributed by atoms with Crippen molar-refractivity contribution in [1.29, 1.82) is 0 Å². The molecule has 0 saturated heterocycles. The van der Waals surface area contributed by atoms with Crippen LogP contribution in [0, 0.1) is 5.82 Å². The van der Waals surface area contributed by atoms with Gasteiger partial charge in [-0.2, -0.15) is 4.98 Å². The average molecular weight is 190 g/mol. The van der Waals surface area contributed by atoms with Crippen LogP contribution in [0.3, 0.4) is 0 Å². The summed E-state index contributed by atoms with van der Waals surface area (Å²) in [6.07, 6.45) is 0. The number of nitrogens with two attached hydrogens (primary N) is 1. The van der Waals surface area contributed by atoms with Crippen LogP contribution in [0.1, 0.15) is 17.4 Å². The maximum absolute atomic E-state index is 12.9. The summed E-state index contributed by atoms with van der Waals surface area (Å²) in [7, 11) is 0. The molecule has 0 aromatic carbocycles. The number of carbonyl (C=O) groups excluding carboxylic acids is 1. The lowest BCUT2D eigenvalue weighted by Crippen LogP contribution is -2.07. The van der Waals surface area contributed by atoms with Gasteiger partial charge in [-0.05, 0) is 11.6 Å². The normalized spacial score (nSPS) is 9.92. The summed E-state index contributed by atoms with van der Waals surface area (Å²) in [6.45, 7) is 1.17. The number of anilines is 1. The van der Waals surface area contributed by atoms with Gasteiger partial charge in [0.25, 0.3) is 0 Å². The predicted molar refractivity (Wildman–Crippen MR) is 41.4 cm³/mol. The van der Waals surface area contributed by atoms with Gasteiger partial charge in [0.1, 0.15) is 5.69 Å². The first-order valence-electron chi connectivity index (χ1n) is 3.02. The standard InChI is InChI=1S/C6H5ClFN3O/c1-2(12)4-3(8)5(9)11-6(7)10-4/h1H3,(H2,9,10,11). The molecule has 12 heavy (non-hydrogen) atoms. The van der Waals surface area contributed by atoms with Crippen LogP contribution in [0.5, 0.6) is 0 Å². The summed E-state index contributed by atoms with van der Waals surface area (Å²) < 4.78 is 12.9.